The largest absolute Gasteiger partial charge is 0.478 e. The standard InChI is InChI=1S/C20H17BrClN3O3S/c21-14-2-1-3-16(18(14)20(26)27)24-19-13-10-12(22)4-5-15(13)23-11-17(19)29-25-6-8-28-9-7-25/h1-5,10-11H,6-9H2,(H,23,24)(H,26,27). The molecule has 0 radical (unpaired) electrons. The maximum Gasteiger partial charge on any atom is 0.338 e. The molecule has 9 heteroatoms. The molecular weight excluding hydrogens is 478 g/mol. The van der Waals surface area contributed by atoms with Crippen LogP contribution in [0.15, 0.2) is 52.0 Å². The molecule has 1 aliphatic rings. The molecule has 1 aromatic heterocycles. The van der Waals surface area contributed by atoms with E-state index in [0.717, 1.165) is 34.6 Å². The fourth-order valence-corrected chi connectivity index (χ4v) is 4.77. The van der Waals surface area contributed by atoms with Crippen LogP contribution in [0.3, 0.4) is 0 Å². The summed E-state index contributed by atoms with van der Waals surface area (Å²) in [7, 11) is 0. The van der Waals surface area contributed by atoms with Gasteiger partial charge >= 0.3 is 5.97 Å². The third-order valence-corrected chi connectivity index (χ3v) is 6.51. The molecule has 1 saturated heterocycles. The van der Waals surface area contributed by atoms with E-state index in [4.69, 9.17) is 16.3 Å². The average Bonchev–Trinajstić information content (AvgIpc) is 2.70. The number of carboxylic acid groups (broad SMARTS) is 1. The second-order valence-electron chi connectivity index (χ2n) is 6.38. The number of pyridine rings is 1. The quantitative estimate of drug-likeness (QED) is 0.458. The molecule has 0 amide bonds. The first-order chi connectivity index (χ1) is 14.0. The Morgan fingerprint density at radius 3 is 2.83 bits per heavy atom. The van der Waals surface area contributed by atoms with Crippen molar-refractivity contribution in [2.75, 3.05) is 31.6 Å². The maximum absolute atomic E-state index is 11.8. The van der Waals surface area contributed by atoms with E-state index in [9.17, 15) is 9.90 Å². The summed E-state index contributed by atoms with van der Waals surface area (Å²) < 4.78 is 8.15. The summed E-state index contributed by atoms with van der Waals surface area (Å²) in [5.41, 5.74) is 2.20. The first kappa shape index (κ1) is 20.4. The minimum absolute atomic E-state index is 0.168. The van der Waals surface area contributed by atoms with Gasteiger partial charge in [0.2, 0.25) is 0 Å². The Balaban J connectivity index is 1.82. The molecule has 0 aliphatic carbocycles. The van der Waals surface area contributed by atoms with Crippen LogP contribution >= 0.6 is 39.5 Å². The number of hydrogen-bond acceptors (Lipinski definition) is 6. The lowest BCUT2D eigenvalue weighted by atomic mass is 10.1. The fraction of sp³-hybridized carbons (Fsp3) is 0.200. The van der Waals surface area contributed by atoms with E-state index in [2.05, 4.69) is 30.5 Å². The van der Waals surface area contributed by atoms with Crippen LogP contribution in [0.4, 0.5) is 11.4 Å². The average molecular weight is 495 g/mol. The first-order valence-electron chi connectivity index (χ1n) is 8.90. The molecule has 2 N–H and O–H groups in total. The van der Waals surface area contributed by atoms with Crippen LogP contribution in [0.25, 0.3) is 10.9 Å². The SMILES string of the molecule is O=C(O)c1c(Br)cccc1Nc1c(SN2CCOCC2)cnc2ccc(Cl)cc12. The smallest absolute Gasteiger partial charge is 0.338 e. The van der Waals surface area contributed by atoms with E-state index in [1.165, 1.54) is 0 Å². The van der Waals surface area contributed by atoms with E-state index >= 15 is 0 Å². The van der Waals surface area contributed by atoms with Gasteiger partial charge in [-0.15, -0.1) is 0 Å². The van der Waals surface area contributed by atoms with Crippen LogP contribution in [0.1, 0.15) is 10.4 Å². The van der Waals surface area contributed by atoms with E-state index < -0.39 is 5.97 Å². The number of benzene rings is 2. The molecule has 2 aromatic carbocycles. The normalized spacial score (nSPS) is 14.8. The zero-order chi connectivity index (χ0) is 20.4. The number of morpholine rings is 1. The Hall–Kier alpha value is -1.84. The monoisotopic (exact) mass is 493 g/mol. The van der Waals surface area contributed by atoms with Gasteiger partial charge in [0.05, 0.1) is 40.6 Å². The molecule has 0 atom stereocenters. The zero-order valence-electron chi connectivity index (χ0n) is 15.2. The molecular formula is C20H17BrClN3O3S. The fourth-order valence-electron chi connectivity index (χ4n) is 3.10. The van der Waals surface area contributed by atoms with Crippen LogP contribution in [-0.2, 0) is 4.74 Å². The highest BCUT2D eigenvalue weighted by Gasteiger charge is 2.20. The number of rotatable bonds is 5. The molecule has 0 bridgehead atoms. The van der Waals surface area contributed by atoms with Gasteiger partial charge in [-0.05, 0) is 58.2 Å². The summed E-state index contributed by atoms with van der Waals surface area (Å²) in [5, 5.41) is 14.4. The molecule has 3 aromatic rings. The number of fused-ring (bicyclic) bond motifs is 1. The molecule has 29 heavy (non-hydrogen) atoms. The Morgan fingerprint density at radius 2 is 2.07 bits per heavy atom. The number of hydrogen-bond donors (Lipinski definition) is 2. The van der Waals surface area contributed by atoms with Gasteiger partial charge in [0.15, 0.2) is 0 Å². The maximum atomic E-state index is 11.8. The van der Waals surface area contributed by atoms with Crippen molar-refractivity contribution in [2.24, 2.45) is 0 Å². The highest BCUT2D eigenvalue weighted by atomic mass is 79.9. The van der Waals surface area contributed by atoms with Crippen molar-refractivity contribution in [1.82, 2.24) is 9.29 Å². The van der Waals surface area contributed by atoms with Gasteiger partial charge in [-0.2, -0.15) is 0 Å². The Labute approximate surface area is 185 Å². The highest BCUT2D eigenvalue weighted by Crippen LogP contribution is 2.39. The predicted molar refractivity (Wildman–Crippen MR) is 119 cm³/mol. The minimum atomic E-state index is -1.02. The van der Waals surface area contributed by atoms with E-state index in [0.29, 0.717) is 28.4 Å². The van der Waals surface area contributed by atoms with Gasteiger partial charge in [-0.3, -0.25) is 4.98 Å². The van der Waals surface area contributed by atoms with E-state index in [1.54, 1.807) is 42.4 Å². The van der Waals surface area contributed by atoms with Gasteiger partial charge in [-0.25, -0.2) is 9.10 Å². The third kappa shape index (κ3) is 4.51. The van der Waals surface area contributed by atoms with Crippen LogP contribution in [-0.4, -0.2) is 46.7 Å². The number of aromatic nitrogens is 1. The number of nitrogens with zero attached hydrogens (tertiary/aromatic N) is 2. The number of anilines is 2. The number of nitrogens with one attached hydrogen (secondary N) is 1. The number of ether oxygens (including phenoxy) is 1. The van der Waals surface area contributed by atoms with Crippen molar-refractivity contribution in [2.45, 2.75) is 4.90 Å². The van der Waals surface area contributed by atoms with Crippen molar-refractivity contribution in [1.29, 1.82) is 0 Å². The van der Waals surface area contributed by atoms with Gasteiger partial charge < -0.3 is 15.2 Å². The van der Waals surface area contributed by atoms with Crippen molar-refractivity contribution >= 4 is 67.7 Å². The Bertz CT molecular complexity index is 1080. The van der Waals surface area contributed by atoms with Crippen LogP contribution in [0.2, 0.25) is 5.02 Å². The minimum Gasteiger partial charge on any atom is -0.478 e. The second kappa shape index (κ2) is 8.89. The first-order valence-corrected chi connectivity index (χ1v) is 10.8. The van der Waals surface area contributed by atoms with Gasteiger partial charge in [0.1, 0.15) is 0 Å². The summed E-state index contributed by atoms with van der Waals surface area (Å²) in [6.07, 6.45) is 1.80. The highest BCUT2D eigenvalue weighted by molar-refractivity contribution is 9.10. The van der Waals surface area contributed by atoms with Crippen molar-refractivity contribution < 1.29 is 14.6 Å². The lowest BCUT2D eigenvalue weighted by Crippen LogP contribution is -2.31. The Kier molecular flexibility index (Phi) is 6.26. The number of halogens is 2. The zero-order valence-corrected chi connectivity index (χ0v) is 18.4. The molecule has 0 unspecified atom stereocenters. The van der Waals surface area contributed by atoms with Crippen molar-refractivity contribution in [3.8, 4) is 0 Å². The van der Waals surface area contributed by atoms with Gasteiger partial charge in [0.25, 0.3) is 0 Å². The van der Waals surface area contributed by atoms with Crippen molar-refractivity contribution in [3.05, 3.63) is 57.7 Å². The lowest BCUT2D eigenvalue weighted by Gasteiger charge is -2.26. The van der Waals surface area contributed by atoms with Gasteiger partial charge in [0, 0.05) is 34.2 Å². The molecule has 0 spiro atoms. The molecule has 2 heterocycles. The lowest BCUT2D eigenvalue weighted by molar-refractivity contribution is 0.0697. The van der Waals surface area contributed by atoms with E-state index in [-0.39, 0.29) is 5.56 Å². The predicted octanol–water partition coefficient (Wildman–Crippen LogP) is 5.43. The number of carbonyl (C=O) groups is 1. The Morgan fingerprint density at radius 1 is 1.28 bits per heavy atom. The second-order valence-corrected chi connectivity index (χ2v) is 8.81. The van der Waals surface area contributed by atoms with Crippen LogP contribution in [0, 0.1) is 0 Å². The topological polar surface area (TPSA) is 74.7 Å². The summed E-state index contributed by atoms with van der Waals surface area (Å²) in [6.45, 7) is 2.96. The van der Waals surface area contributed by atoms with Crippen molar-refractivity contribution in [3.63, 3.8) is 0 Å². The number of aromatic carboxylic acids is 1. The summed E-state index contributed by atoms with van der Waals surface area (Å²) in [5.74, 6) is -1.02. The molecule has 0 saturated carbocycles. The molecule has 1 aliphatic heterocycles. The van der Waals surface area contributed by atoms with Gasteiger partial charge in [-0.1, -0.05) is 17.7 Å². The summed E-state index contributed by atoms with van der Waals surface area (Å²) >= 11 is 11.2. The van der Waals surface area contributed by atoms with Crippen LogP contribution < -0.4 is 5.32 Å². The third-order valence-electron chi connectivity index (χ3n) is 4.48. The molecule has 4 rings (SSSR count). The summed E-state index contributed by atoms with van der Waals surface area (Å²) in [6, 6.07) is 10.7. The number of carboxylic acids is 1. The van der Waals surface area contributed by atoms with Crippen LogP contribution in [0.5, 0.6) is 0 Å². The van der Waals surface area contributed by atoms with E-state index in [1.807, 2.05) is 12.1 Å². The molecule has 6 nitrogen and oxygen atoms in total. The summed E-state index contributed by atoms with van der Waals surface area (Å²) in [4.78, 5) is 17.3. The molecule has 1 fully saturated rings. The molecule has 150 valence electrons.